The maximum absolute atomic E-state index is 13.3. The van der Waals surface area contributed by atoms with Gasteiger partial charge in [0.1, 0.15) is 0 Å². The fourth-order valence-corrected chi connectivity index (χ4v) is 4.44. The predicted octanol–water partition coefficient (Wildman–Crippen LogP) is 4.10. The Morgan fingerprint density at radius 1 is 1.29 bits per heavy atom. The highest BCUT2D eigenvalue weighted by Crippen LogP contribution is 2.42. The van der Waals surface area contributed by atoms with Gasteiger partial charge in [-0.1, -0.05) is 24.8 Å². The van der Waals surface area contributed by atoms with E-state index in [1.54, 1.807) is 6.21 Å². The van der Waals surface area contributed by atoms with Gasteiger partial charge in [-0.05, 0) is 44.4 Å². The SMILES string of the molecule is C=C(C)N=C/C=C(\C)N1CCC2(CCN(Cc3c[nH]c4ccccc34)C2=O)C1. The van der Waals surface area contributed by atoms with E-state index in [9.17, 15) is 4.79 Å². The summed E-state index contributed by atoms with van der Waals surface area (Å²) in [5, 5.41) is 1.21. The van der Waals surface area contributed by atoms with Crippen molar-refractivity contribution < 1.29 is 4.79 Å². The minimum Gasteiger partial charge on any atom is -0.374 e. The van der Waals surface area contributed by atoms with E-state index < -0.39 is 0 Å². The highest BCUT2D eigenvalue weighted by atomic mass is 16.2. The Morgan fingerprint density at radius 3 is 2.89 bits per heavy atom. The molecule has 0 saturated carbocycles. The summed E-state index contributed by atoms with van der Waals surface area (Å²) >= 11 is 0. The van der Waals surface area contributed by atoms with Crippen LogP contribution in [0.3, 0.4) is 0 Å². The summed E-state index contributed by atoms with van der Waals surface area (Å²) in [5.74, 6) is 0.309. The maximum atomic E-state index is 13.3. The summed E-state index contributed by atoms with van der Waals surface area (Å²) in [6, 6.07) is 8.28. The van der Waals surface area contributed by atoms with Gasteiger partial charge in [-0.15, -0.1) is 0 Å². The molecule has 1 atom stereocenters. The lowest BCUT2D eigenvalue weighted by Gasteiger charge is -2.24. The first-order valence-corrected chi connectivity index (χ1v) is 9.94. The summed E-state index contributed by atoms with van der Waals surface area (Å²) in [6.45, 7) is 11.0. The summed E-state index contributed by atoms with van der Waals surface area (Å²) in [6.07, 6.45) is 7.72. The number of allylic oxidation sites excluding steroid dienone is 3. The van der Waals surface area contributed by atoms with Gasteiger partial charge in [0.15, 0.2) is 0 Å². The normalized spacial score (nSPS) is 23.1. The molecular weight excluding hydrogens is 348 g/mol. The lowest BCUT2D eigenvalue weighted by Crippen LogP contribution is -2.36. The molecule has 2 aromatic rings. The zero-order valence-corrected chi connectivity index (χ0v) is 16.7. The van der Waals surface area contributed by atoms with Gasteiger partial charge in [-0.2, -0.15) is 0 Å². The second kappa shape index (κ2) is 7.30. The molecule has 2 fully saturated rings. The van der Waals surface area contributed by atoms with Crippen molar-refractivity contribution in [2.24, 2.45) is 10.4 Å². The number of carbonyl (C=O) groups excluding carboxylic acids is 1. The lowest BCUT2D eigenvalue weighted by molar-refractivity contribution is -0.135. The van der Waals surface area contributed by atoms with Crippen LogP contribution in [0.25, 0.3) is 10.9 Å². The number of carbonyl (C=O) groups is 1. The van der Waals surface area contributed by atoms with E-state index >= 15 is 0 Å². The van der Waals surface area contributed by atoms with Gasteiger partial charge >= 0.3 is 0 Å². The summed E-state index contributed by atoms with van der Waals surface area (Å²) in [5.41, 5.74) is 4.05. The molecule has 1 amide bonds. The largest absolute Gasteiger partial charge is 0.374 e. The topological polar surface area (TPSA) is 51.7 Å². The van der Waals surface area contributed by atoms with Gasteiger partial charge in [-0.25, -0.2) is 0 Å². The van der Waals surface area contributed by atoms with Crippen LogP contribution in [-0.4, -0.2) is 46.5 Å². The van der Waals surface area contributed by atoms with Crippen molar-refractivity contribution in [2.75, 3.05) is 19.6 Å². The number of aromatic nitrogens is 1. The number of H-pyrrole nitrogens is 1. The van der Waals surface area contributed by atoms with Crippen molar-refractivity contribution in [3.63, 3.8) is 0 Å². The monoisotopic (exact) mass is 376 g/mol. The molecule has 1 aromatic carbocycles. The molecule has 3 heterocycles. The van der Waals surface area contributed by atoms with Crippen LogP contribution in [0.1, 0.15) is 32.3 Å². The number of amides is 1. The fourth-order valence-electron chi connectivity index (χ4n) is 4.44. The molecule has 5 heteroatoms. The van der Waals surface area contributed by atoms with Gasteiger partial charge < -0.3 is 14.8 Å². The minimum absolute atomic E-state index is 0.229. The Morgan fingerprint density at radius 2 is 2.07 bits per heavy atom. The number of benzene rings is 1. The summed E-state index contributed by atoms with van der Waals surface area (Å²) in [4.78, 5) is 25.2. The molecule has 1 spiro atoms. The predicted molar refractivity (Wildman–Crippen MR) is 114 cm³/mol. The second-order valence-corrected chi connectivity index (χ2v) is 8.11. The van der Waals surface area contributed by atoms with E-state index in [4.69, 9.17) is 0 Å². The molecule has 2 aliphatic rings. The fraction of sp³-hybridized carbons (Fsp3) is 0.391. The van der Waals surface area contributed by atoms with Crippen LogP contribution in [0.15, 0.2) is 59.5 Å². The molecular formula is C23H28N4O. The number of nitrogens with one attached hydrogen (secondary N) is 1. The number of hydrogen-bond acceptors (Lipinski definition) is 3. The molecule has 1 N–H and O–H groups in total. The zero-order chi connectivity index (χ0) is 19.7. The van der Waals surface area contributed by atoms with E-state index in [-0.39, 0.29) is 5.41 Å². The molecule has 1 unspecified atom stereocenters. The highest BCUT2D eigenvalue weighted by Gasteiger charge is 2.50. The number of hydrogen-bond donors (Lipinski definition) is 1. The van der Waals surface area contributed by atoms with Gasteiger partial charge in [0, 0.05) is 60.9 Å². The Kier molecular flexibility index (Phi) is 4.84. The molecule has 1 aromatic heterocycles. The van der Waals surface area contributed by atoms with E-state index in [1.807, 2.05) is 36.2 Å². The van der Waals surface area contributed by atoms with Crippen LogP contribution in [-0.2, 0) is 11.3 Å². The van der Waals surface area contributed by atoms with Crippen molar-refractivity contribution in [1.29, 1.82) is 0 Å². The molecule has 0 radical (unpaired) electrons. The zero-order valence-electron chi connectivity index (χ0n) is 16.7. The number of para-hydroxylation sites is 1. The Hall–Kier alpha value is -2.82. The molecule has 0 bridgehead atoms. The van der Waals surface area contributed by atoms with Crippen LogP contribution < -0.4 is 0 Å². The third kappa shape index (κ3) is 3.37. The third-order valence-electron chi connectivity index (χ3n) is 6.10. The van der Waals surface area contributed by atoms with Gasteiger partial charge in [0.2, 0.25) is 5.91 Å². The third-order valence-corrected chi connectivity index (χ3v) is 6.10. The van der Waals surface area contributed by atoms with Crippen LogP contribution in [0.4, 0.5) is 0 Å². The molecule has 2 aliphatic heterocycles. The number of likely N-dealkylation sites (tertiary alicyclic amines) is 2. The average Bonchev–Trinajstić information content (AvgIpc) is 3.37. The van der Waals surface area contributed by atoms with E-state index in [0.29, 0.717) is 12.5 Å². The number of nitrogens with zero attached hydrogens (tertiary/aromatic N) is 3. The van der Waals surface area contributed by atoms with Crippen molar-refractivity contribution >= 4 is 23.0 Å². The van der Waals surface area contributed by atoms with Crippen LogP contribution in [0.5, 0.6) is 0 Å². The second-order valence-electron chi connectivity index (χ2n) is 8.11. The summed E-state index contributed by atoms with van der Waals surface area (Å²) < 4.78 is 0. The van der Waals surface area contributed by atoms with E-state index in [1.165, 1.54) is 10.9 Å². The Bertz CT molecular complexity index is 970. The highest BCUT2D eigenvalue weighted by molar-refractivity contribution is 5.87. The van der Waals surface area contributed by atoms with Crippen LogP contribution in [0, 0.1) is 5.41 Å². The smallest absolute Gasteiger partial charge is 0.231 e. The van der Waals surface area contributed by atoms with Crippen LogP contribution in [0.2, 0.25) is 0 Å². The molecule has 28 heavy (non-hydrogen) atoms. The van der Waals surface area contributed by atoms with Gasteiger partial charge in [0.25, 0.3) is 0 Å². The molecule has 2 saturated heterocycles. The van der Waals surface area contributed by atoms with Crippen molar-refractivity contribution in [1.82, 2.24) is 14.8 Å². The van der Waals surface area contributed by atoms with Gasteiger partial charge in [-0.3, -0.25) is 9.79 Å². The first-order chi connectivity index (χ1) is 13.5. The number of rotatable bonds is 5. The number of aromatic amines is 1. The molecule has 4 rings (SSSR count). The van der Waals surface area contributed by atoms with Gasteiger partial charge in [0.05, 0.1) is 5.41 Å². The molecule has 146 valence electrons. The summed E-state index contributed by atoms with van der Waals surface area (Å²) in [7, 11) is 0. The maximum Gasteiger partial charge on any atom is 0.231 e. The minimum atomic E-state index is -0.229. The average molecular weight is 377 g/mol. The van der Waals surface area contributed by atoms with Crippen molar-refractivity contribution in [3.05, 3.63) is 60.1 Å². The molecule has 0 aliphatic carbocycles. The Balaban J connectivity index is 1.45. The Labute approximate surface area is 166 Å². The quantitative estimate of drug-likeness (QED) is 0.799. The molecule has 5 nitrogen and oxygen atoms in total. The van der Waals surface area contributed by atoms with Crippen LogP contribution >= 0.6 is 0 Å². The van der Waals surface area contributed by atoms with E-state index in [2.05, 4.69) is 40.5 Å². The lowest BCUT2D eigenvalue weighted by atomic mass is 9.85. The van der Waals surface area contributed by atoms with Crippen molar-refractivity contribution in [3.8, 4) is 0 Å². The van der Waals surface area contributed by atoms with Crippen molar-refractivity contribution in [2.45, 2.75) is 33.2 Å². The van der Waals surface area contributed by atoms with E-state index in [0.717, 1.165) is 49.4 Å². The standard InChI is InChI=1S/C23H28N4O/c1-17(2)24-11-8-18(3)27-13-10-23(16-27)9-12-26(22(23)28)15-19-14-25-21-7-5-4-6-20(19)21/h4-8,11,14,25H,1,9-10,12-13,15-16H2,2-3H3/b18-8+,24-11?. The first-order valence-electron chi connectivity index (χ1n) is 9.94. The number of aliphatic imine (C=N–C) groups is 1. The number of fused-ring (bicyclic) bond motifs is 1. The first kappa shape index (κ1) is 18.5.